The van der Waals surface area contributed by atoms with Crippen molar-refractivity contribution in [2.45, 2.75) is 49.1 Å². The van der Waals surface area contributed by atoms with E-state index < -0.39 is 12.1 Å². The van der Waals surface area contributed by atoms with Crippen LogP contribution in [0.15, 0.2) is 28.6 Å². The fourth-order valence-electron chi connectivity index (χ4n) is 2.71. The number of carbonyl (C=O) groups excluding carboxylic acids is 2. The lowest BCUT2D eigenvalue weighted by Crippen LogP contribution is -2.41. The monoisotopic (exact) mass is 364 g/mol. The Kier molecular flexibility index (Phi) is 5.73. The van der Waals surface area contributed by atoms with Gasteiger partial charge in [-0.15, -0.1) is 11.3 Å². The van der Waals surface area contributed by atoms with Crippen LogP contribution in [0.4, 0.5) is 0 Å². The van der Waals surface area contributed by atoms with E-state index in [0.717, 1.165) is 40.2 Å². The van der Waals surface area contributed by atoms with Gasteiger partial charge in [-0.2, -0.15) is 0 Å². The number of hydrogen-bond donors (Lipinski definition) is 1. The van der Waals surface area contributed by atoms with Gasteiger partial charge in [0.05, 0.1) is 16.0 Å². The van der Waals surface area contributed by atoms with Crippen LogP contribution >= 0.6 is 23.1 Å². The van der Waals surface area contributed by atoms with Gasteiger partial charge >= 0.3 is 5.97 Å². The molecule has 0 aliphatic heterocycles. The topological polar surface area (TPSA) is 68.3 Å². The molecule has 0 saturated heterocycles. The summed E-state index contributed by atoms with van der Waals surface area (Å²) in [5.74, 6) is -0.450. The Morgan fingerprint density at radius 1 is 1.38 bits per heavy atom. The molecule has 1 N–H and O–H groups in total. The lowest BCUT2D eigenvalue weighted by molar-refractivity contribution is -0.152. The molecule has 0 bridgehead atoms. The van der Waals surface area contributed by atoms with E-state index in [1.54, 1.807) is 18.3 Å². The van der Waals surface area contributed by atoms with Crippen LogP contribution in [-0.2, 0) is 14.3 Å². The number of rotatable bonds is 6. The van der Waals surface area contributed by atoms with E-state index in [1.807, 2.05) is 24.3 Å². The van der Waals surface area contributed by atoms with Crippen molar-refractivity contribution in [3.8, 4) is 0 Å². The highest BCUT2D eigenvalue weighted by atomic mass is 32.2. The molecule has 24 heavy (non-hydrogen) atoms. The predicted octanol–water partition coefficient (Wildman–Crippen LogP) is 3.38. The standard InChI is InChI=1S/C17H20N2O3S2/c1-11(16(21)18-12-6-2-3-7-12)22-15(20)10-23-17-19-13-8-4-5-9-14(13)24-17/h4-5,8-9,11-12H,2-3,6-7,10H2,1H3,(H,18,21)/t11-/m1/s1. The van der Waals surface area contributed by atoms with Crippen molar-refractivity contribution in [2.24, 2.45) is 0 Å². The molecule has 1 saturated carbocycles. The van der Waals surface area contributed by atoms with Crippen molar-refractivity contribution in [1.82, 2.24) is 10.3 Å². The number of thioether (sulfide) groups is 1. The van der Waals surface area contributed by atoms with E-state index >= 15 is 0 Å². The van der Waals surface area contributed by atoms with Crippen molar-refractivity contribution in [3.63, 3.8) is 0 Å². The van der Waals surface area contributed by atoms with E-state index in [9.17, 15) is 9.59 Å². The molecule has 1 aromatic carbocycles. The maximum absolute atomic E-state index is 12.0. The Balaban J connectivity index is 1.45. The maximum atomic E-state index is 12.0. The van der Waals surface area contributed by atoms with Crippen LogP contribution in [0.3, 0.4) is 0 Å². The van der Waals surface area contributed by atoms with Crippen LogP contribution in [-0.4, -0.2) is 34.8 Å². The molecule has 1 amide bonds. The van der Waals surface area contributed by atoms with Crippen molar-refractivity contribution in [1.29, 1.82) is 0 Å². The summed E-state index contributed by atoms with van der Waals surface area (Å²) >= 11 is 2.89. The first kappa shape index (κ1) is 17.2. The number of nitrogens with zero attached hydrogens (tertiary/aromatic N) is 1. The Bertz CT molecular complexity index is 692. The summed E-state index contributed by atoms with van der Waals surface area (Å²) in [5.41, 5.74) is 0.933. The largest absolute Gasteiger partial charge is 0.452 e. The van der Waals surface area contributed by atoms with Crippen LogP contribution in [0.2, 0.25) is 0 Å². The number of hydrogen-bond acceptors (Lipinski definition) is 6. The van der Waals surface area contributed by atoms with Gasteiger partial charge in [-0.3, -0.25) is 9.59 Å². The maximum Gasteiger partial charge on any atom is 0.317 e. The first-order valence-electron chi connectivity index (χ1n) is 8.10. The minimum Gasteiger partial charge on any atom is -0.452 e. The van der Waals surface area contributed by atoms with E-state index in [-0.39, 0.29) is 17.7 Å². The molecular weight excluding hydrogens is 344 g/mol. The molecular formula is C17H20N2O3S2. The van der Waals surface area contributed by atoms with Gasteiger partial charge in [0.1, 0.15) is 0 Å². The smallest absolute Gasteiger partial charge is 0.317 e. The molecule has 0 radical (unpaired) electrons. The Labute approximate surface area is 149 Å². The first-order chi connectivity index (χ1) is 11.6. The van der Waals surface area contributed by atoms with Crippen molar-refractivity contribution < 1.29 is 14.3 Å². The van der Waals surface area contributed by atoms with E-state index in [1.165, 1.54) is 11.8 Å². The van der Waals surface area contributed by atoms with Gasteiger partial charge in [-0.25, -0.2) is 4.98 Å². The van der Waals surface area contributed by atoms with Crippen LogP contribution in [0.5, 0.6) is 0 Å². The molecule has 1 atom stereocenters. The zero-order valence-electron chi connectivity index (χ0n) is 13.5. The second-order valence-corrected chi connectivity index (χ2v) is 8.11. The fourth-order valence-corrected chi connectivity index (χ4v) is 4.56. The SMILES string of the molecule is C[C@@H](OC(=O)CSc1nc2ccccc2s1)C(=O)NC1CCCC1. The van der Waals surface area contributed by atoms with Gasteiger partial charge in [0, 0.05) is 6.04 Å². The predicted molar refractivity (Wildman–Crippen MR) is 96.3 cm³/mol. The van der Waals surface area contributed by atoms with Crippen LogP contribution in [0.1, 0.15) is 32.6 Å². The van der Waals surface area contributed by atoms with Crippen molar-refractivity contribution in [2.75, 3.05) is 5.75 Å². The molecule has 5 nitrogen and oxygen atoms in total. The molecule has 128 valence electrons. The molecule has 0 spiro atoms. The van der Waals surface area contributed by atoms with Gasteiger partial charge in [-0.05, 0) is 31.9 Å². The first-order valence-corrected chi connectivity index (χ1v) is 9.90. The lowest BCUT2D eigenvalue weighted by Gasteiger charge is -2.16. The third-order valence-corrected chi connectivity index (χ3v) is 6.12. The summed E-state index contributed by atoms with van der Waals surface area (Å²) in [5, 5.41) is 2.94. The Morgan fingerprint density at radius 3 is 2.88 bits per heavy atom. The lowest BCUT2D eigenvalue weighted by atomic mass is 10.2. The van der Waals surface area contributed by atoms with Gasteiger partial charge in [0.25, 0.3) is 5.91 Å². The molecule has 2 aromatic rings. The van der Waals surface area contributed by atoms with E-state index in [4.69, 9.17) is 4.74 Å². The minimum atomic E-state index is -0.755. The molecule has 1 aliphatic carbocycles. The molecule has 1 fully saturated rings. The number of nitrogens with one attached hydrogen (secondary N) is 1. The highest BCUT2D eigenvalue weighted by Gasteiger charge is 2.23. The molecule has 1 aliphatic rings. The number of fused-ring (bicyclic) bond motifs is 1. The summed E-state index contributed by atoms with van der Waals surface area (Å²) in [6, 6.07) is 8.09. The number of esters is 1. The van der Waals surface area contributed by atoms with Crippen molar-refractivity contribution in [3.05, 3.63) is 24.3 Å². The summed E-state index contributed by atoms with van der Waals surface area (Å²) in [6.45, 7) is 1.62. The van der Waals surface area contributed by atoms with E-state index in [0.29, 0.717) is 0 Å². The number of para-hydroxylation sites is 1. The second-order valence-electron chi connectivity index (χ2n) is 5.86. The summed E-state index contributed by atoms with van der Waals surface area (Å²) in [4.78, 5) is 28.4. The fraction of sp³-hybridized carbons (Fsp3) is 0.471. The van der Waals surface area contributed by atoms with Crippen LogP contribution < -0.4 is 5.32 Å². The minimum absolute atomic E-state index is 0.154. The number of ether oxygens (including phenoxy) is 1. The average molecular weight is 364 g/mol. The Hall–Kier alpha value is -1.60. The molecule has 3 rings (SSSR count). The summed E-state index contributed by atoms with van der Waals surface area (Å²) < 4.78 is 7.15. The second kappa shape index (κ2) is 7.98. The van der Waals surface area contributed by atoms with Gasteiger partial charge in [0.15, 0.2) is 10.4 Å². The average Bonchev–Trinajstić information content (AvgIpc) is 3.21. The number of aromatic nitrogens is 1. The third-order valence-electron chi connectivity index (χ3n) is 3.97. The summed E-state index contributed by atoms with van der Waals surface area (Å²) in [6.07, 6.45) is 3.57. The number of carbonyl (C=O) groups is 2. The molecule has 1 aromatic heterocycles. The number of thiazole rings is 1. The van der Waals surface area contributed by atoms with Crippen LogP contribution in [0.25, 0.3) is 10.2 Å². The highest BCUT2D eigenvalue weighted by molar-refractivity contribution is 8.01. The molecule has 1 heterocycles. The Morgan fingerprint density at radius 2 is 2.12 bits per heavy atom. The number of amides is 1. The van der Waals surface area contributed by atoms with Gasteiger partial charge < -0.3 is 10.1 Å². The normalized spacial score (nSPS) is 16.2. The van der Waals surface area contributed by atoms with Gasteiger partial charge in [-0.1, -0.05) is 36.7 Å². The zero-order chi connectivity index (χ0) is 16.9. The molecule has 0 unspecified atom stereocenters. The third kappa shape index (κ3) is 4.48. The van der Waals surface area contributed by atoms with Gasteiger partial charge in [0.2, 0.25) is 0 Å². The summed E-state index contributed by atoms with van der Waals surface area (Å²) in [7, 11) is 0. The van der Waals surface area contributed by atoms with Crippen LogP contribution in [0, 0.1) is 0 Å². The zero-order valence-corrected chi connectivity index (χ0v) is 15.1. The van der Waals surface area contributed by atoms with Crippen molar-refractivity contribution >= 4 is 45.2 Å². The number of benzene rings is 1. The van der Waals surface area contributed by atoms with E-state index in [2.05, 4.69) is 10.3 Å². The molecule has 7 heteroatoms. The quantitative estimate of drug-likeness (QED) is 0.629. The highest BCUT2D eigenvalue weighted by Crippen LogP contribution is 2.29.